The lowest BCUT2D eigenvalue weighted by molar-refractivity contribution is 0.0131. The third kappa shape index (κ3) is 8.50. The van der Waals surface area contributed by atoms with Crippen LogP contribution >= 0.6 is 15.9 Å². The highest BCUT2D eigenvalue weighted by Crippen LogP contribution is 2.36. The number of rotatable bonds is 7. The molecule has 0 bridgehead atoms. The molecule has 0 saturated carbocycles. The summed E-state index contributed by atoms with van der Waals surface area (Å²) in [5.41, 5.74) is 0.227. The first kappa shape index (κ1) is 27.4. The van der Waals surface area contributed by atoms with E-state index in [1.807, 2.05) is 58.6 Å². The fourth-order valence-corrected chi connectivity index (χ4v) is 5.06. The second kappa shape index (κ2) is 10.6. The number of likely N-dealkylation sites (tertiary alicyclic amines) is 1. The summed E-state index contributed by atoms with van der Waals surface area (Å²) in [4.78, 5) is 19.1. The number of ether oxygens (including phenoxy) is 1. The van der Waals surface area contributed by atoms with E-state index in [4.69, 9.17) is 4.74 Å². The van der Waals surface area contributed by atoms with Crippen molar-refractivity contribution >= 4 is 33.4 Å². The van der Waals surface area contributed by atoms with Crippen molar-refractivity contribution in [2.75, 3.05) is 6.54 Å². The summed E-state index contributed by atoms with van der Waals surface area (Å²) in [5.74, 6) is 0.378. The van der Waals surface area contributed by atoms with Gasteiger partial charge in [-0.25, -0.2) is 4.79 Å². The lowest BCUT2D eigenvalue weighted by atomic mass is 9.91. The maximum absolute atomic E-state index is 12.8. The second-order valence-electron chi connectivity index (χ2n) is 11.4. The van der Waals surface area contributed by atoms with E-state index in [9.17, 15) is 9.35 Å². The number of hydrogen-bond donors (Lipinski definition) is 1. The van der Waals surface area contributed by atoms with Crippen LogP contribution in [0.1, 0.15) is 80.3 Å². The van der Waals surface area contributed by atoms with E-state index in [1.54, 1.807) is 6.20 Å². The fourth-order valence-electron chi connectivity index (χ4n) is 3.97. The third-order valence-electron chi connectivity index (χ3n) is 5.57. The lowest BCUT2D eigenvalue weighted by Gasteiger charge is -2.33. The van der Waals surface area contributed by atoms with E-state index in [-0.39, 0.29) is 22.4 Å². The molecular formula is C24H40BrN3O3S. The summed E-state index contributed by atoms with van der Waals surface area (Å²) in [7, 11) is 0. The summed E-state index contributed by atoms with van der Waals surface area (Å²) in [5, 5.41) is 0. The van der Waals surface area contributed by atoms with Gasteiger partial charge in [-0.15, -0.1) is 4.72 Å². The molecule has 1 aromatic rings. The molecule has 1 aromatic heterocycles. The van der Waals surface area contributed by atoms with Gasteiger partial charge in [0, 0.05) is 46.2 Å². The predicted molar refractivity (Wildman–Crippen MR) is 135 cm³/mol. The topological polar surface area (TPSA) is 77.5 Å². The number of aromatic nitrogens is 1. The third-order valence-corrected chi connectivity index (χ3v) is 7.70. The average Bonchev–Trinajstić information content (AvgIpc) is 2.94. The first-order valence-corrected chi connectivity index (χ1v) is 13.3. The van der Waals surface area contributed by atoms with Crippen molar-refractivity contribution in [3.05, 3.63) is 28.5 Å². The van der Waals surface area contributed by atoms with Crippen LogP contribution in [-0.2, 0) is 22.5 Å². The first-order valence-electron chi connectivity index (χ1n) is 11.4. The van der Waals surface area contributed by atoms with Crippen molar-refractivity contribution in [2.24, 2.45) is 5.92 Å². The molecular weight excluding hydrogens is 490 g/mol. The minimum atomic E-state index is -1.16. The van der Waals surface area contributed by atoms with Gasteiger partial charge in [0.1, 0.15) is 10.3 Å². The number of carbonyl (C=O) groups excluding carboxylic acids is 1. The van der Waals surface area contributed by atoms with Gasteiger partial charge in [0.15, 0.2) is 0 Å². The lowest BCUT2D eigenvalue weighted by Crippen LogP contribution is -2.45. The van der Waals surface area contributed by atoms with Gasteiger partial charge in [-0.3, -0.25) is 4.98 Å². The molecule has 0 radical (unpaired) electrons. The van der Waals surface area contributed by atoms with E-state index >= 15 is 0 Å². The first-order chi connectivity index (χ1) is 14.6. The molecule has 1 aliphatic rings. The number of pyridine rings is 1. The van der Waals surface area contributed by atoms with Crippen LogP contribution in [0.25, 0.3) is 0 Å². The molecule has 32 heavy (non-hydrogen) atoms. The van der Waals surface area contributed by atoms with Gasteiger partial charge in [0.25, 0.3) is 0 Å². The maximum atomic E-state index is 12.8. The van der Waals surface area contributed by atoms with E-state index in [0.717, 1.165) is 29.4 Å². The standard InChI is InChI=1S/C24H40BrN3O3S/c1-22(2,3)31-21(29)28-16-17(14-24(28,7)8)9-11-20(27-32(30)23(4,5)6)13-19-12-10-18(25)15-26-19/h10,12,15,17,20,27H,9,11,13-14,16H2,1-8H3/t17-,20?,32?/m0/s1. The number of carbonyl (C=O) groups is 1. The Morgan fingerprint density at radius 3 is 2.53 bits per heavy atom. The molecule has 1 fully saturated rings. The summed E-state index contributed by atoms with van der Waals surface area (Å²) >= 11 is 2.27. The minimum Gasteiger partial charge on any atom is -0.598 e. The summed E-state index contributed by atoms with van der Waals surface area (Å²) in [6, 6.07) is 4.03. The van der Waals surface area contributed by atoms with Crippen LogP contribution in [0.5, 0.6) is 0 Å². The van der Waals surface area contributed by atoms with Gasteiger partial charge in [-0.1, -0.05) is 0 Å². The number of halogens is 1. The molecule has 3 atom stereocenters. The van der Waals surface area contributed by atoms with Crippen molar-refractivity contribution in [1.82, 2.24) is 14.6 Å². The van der Waals surface area contributed by atoms with Crippen LogP contribution < -0.4 is 4.72 Å². The van der Waals surface area contributed by atoms with Gasteiger partial charge in [0.2, 0.25) is 0 Å². The quantitative estimate of drug-likeness (QED) is 0.463. The molecule has 6 nitrogen and oxygen atoms in total. The SMILES string of the molecule is CC(C)(C)OC(=O)N1C[C@@H](CCC(Cc2ccc(Br)cn2)N[S+]([O-])C(C)(C)C)CC1(C)C. The molecule has 0 spiro atoms. The molecule has 0 aromatic carbocycles. The van der Waals surface area contributed by atoms with Crippen LogP contribution in [0.3, 0.4) is 0 Å². The van der Waals surface area contributed by atoms with Crippen LogP contribution in [0.2, 0.25) is 0 Å². The van der Waals surface area contributed by atoms with Crippen molar-refractivity contribution in [3.63, 3.8) is 0 Å². The van der Waals surface area contributed by atoms with E-state index in [0.29, 0.717) is 18.9 Å². The van der Waals surface area contributed by atoms with E-state index < -0.39 is 17.0 Å². The molecule has 1 saturated heterocycles. The molecule has 2 unspecified atom stereocenters. The highest BCUT2D eigenvalue weighted by molar-refractivity contribution is 9.10. The summed E-state index contributed by atoms with van der Waals surface area (Å²) in [6.07, 6.45) is 5.00. The Morgan fingerprint density at radius 2 is 2.00 bits per heavy atom. The van der Waals surface area contributed by atoms with Gasteiger partial charge < -0.3 is 14.2 Å². The molecule has 2 rings (SSSR count). The number of nitrogens with one attached hydrogen (secondary N) is 1. The largest absolute Gasteiger partial charge is 0.598 e. The smallest absolute Gasteiger partial charge is 0.410 e. The highest BCUT2D eigenvalue weighted by atomic mass is 79.9. The monoisotopic (exact) mass is 529 g/mol. The van der Waals surface area contributed by atoms with Crippen molar-refractivity contribution < 1.29 is 14.1 Å². The highest BCUT2D eigenvalue weighted by Gasteiger charge is 2.43. The van der Waals surface area contributed by atoms with Crippen molar-refractivity contribution in [2.45, 2.75) is 103 Å². The molecule has 2 heterocycles. The molecule has 182 valence electrons. The zero-order valence-corrected chi connectivity index (χ0v) is 23.2. The Bertz CT molecular complexity index is 759. The zero-order chi connectivity index (χ0) is 24.3. The van der Waals surface area contributed by atoms with Crippen LogP contribution in [-0.4, -0.2) is 49.0 Å². The Hall–Kier alpha value is -0.830. The molecule has 1 N–H and O–H groups in total. The summed E-state index contributed by atoms with van der Waals surface area (Å²) in [6.45, 7) is 16.5. The number of hydrogen-bond acceptors (Lipinski definition) is 5. The Labute approximate surface area is 205 Å². The van der Waals surface area contributed by atoms with E-state index in [2.05, 4.69) is 39.5 Å². The zero-order valence-electron chi connectivity index (χ0n) is 20.8. The van der Waals surface area contributed by atoms with E-state index in [1.165, 1.54) is 0 Å². The average molecular weight is 531 g/mol. The molecule has 0 aliphatic carbocycles. The molecule has 1 amide bonds. The normalized spacial score (nSPS) is 20.8. The molecule has 8 heteroatoms. The Balaban J connectivity index is 2.04. The molecule has 1 aliphatic heterocycles. The van der Waals surface area contributed by atoms with Gasteiger partial charge in [0.05, 0.1) is 6.04 Å². The van der Waals surface area contributed by atoms with Crippen molar-refractivity contribution in [1.29, 1.82) is 0 Å². The number of amides is 1. The van der Waals surface area contributed by atoms with Gasteiger partial charge in [-0.2, -0.15) is 0 Å². The fraction of sp³-hybridized carbons (Fsp3) is 0.750. The van der Waals surface area contributed by atoms with Gasteiger partial charge in [-0.05, 0) is 109 Å². The minimum absolute atomic E-state index is 0.0439. The Kier molecular flexibility index (Phi) is 9.10. The van der Waals surface area contributed by atoms with Crippen LogP contribution in [0.4, 0.5) is 4.79 Å². The van der Waals surface area contributed by atoms with Gasteiger partial charge >= 0.3 is 6.09 Å². The Morgan fingerprint density at radius 1 is 1.34 bits per heavy atom. The second-order valence-corrected chi connectivity index (χ2v) is 14.3. The van der Waals surface area contributed by atoms with Crippen LogP contribution in [0.15, 0.2) is 22.8 Å². The maximum Gasteiger partial charge on any atom is 0.410 e. The number of nitrogens with zero attached hydrogens (tertiary/aromatic N) is 2. The van der Waals surface area contributed by atoms with Crippen LogP contribution in [0, 0.1) is 5.92 Å². The summed E-state index contributed by atoms with van der Waals surface area (Å²) < 4.78 is 22.4. The van der Waals surface area contributed by atoms with Crippen molar-refractivity contribution in [3.8, 4) is 0 Å². The predicted octanol–water partition coefficient (Wildman–Crippen LogP) is 5.62.